The summed E-state index contributed by atoms with van der Waals surface area (Å²) in [4.78, 5) is 23.1. The van der Waals surface area contributed by atoms with Crippen LogP contribution in [0, 0.1) is 5.82 Å². The molecule has 0 spiro atoms. The van der Waals surface area contributed by atoms with Crippen molar-refractivity contribution in [3.63, 3.8) is 0 Å². The molecule has 0 aliphatic heterocycles. The zero-order valence-corrected chi connectivity index (χ0v) is 12.4. The summed E-state index contributed by atoms with van der Waals surface area (Å²) in [6.07, 6.45) is 4.73. The Kier molecular flexibility index (Phi) is 8.09. The van der Waals surface area contributed by atoms with E-state index in [4.69, 9.17) is 4.74 Å². The Balaban J connectivity index is 2.12. The summed E-state index contributed by atoms with van der Waals surface area (Å²) in [7, 11) is 0. The Morgan fingerprint density at radius 1 is 1.14 bits per heavy atom. The van der Waals surface area contributed by atoms with E-state index >= 15 is 0 Å². The molecule has 5 heteroatoms. The number of amides is 1. The molecule has 0 saturated heterocycles. The maximum Gasteiger partial charge on any atom is 0.338 e. The van der Waals surface area contributed by atoms with Gasteiger partial charge >= 0.3 is 5.97 Å². The SMILES string of the molecule is CCCCCCC(=O)NCCOC(=O)c1ccc(F)cc1. The van der Waals surface area contributed by atoms with Crippen molar-refractivity contribution >= 4 is 11.9 Å². The summed E-state index contributed by atoms with van der Waals surface area (Å²) in [6, 6.07) is 5.14. The van der Waals surface area contributed by atoms with Crippen LogP contribution in [0.1, 0.15) is 49.4 Å². The third-order valence-electron chi connectivity index (χ3n) is 2.99. The van der Waals surface area contributed by atoms with Crippen LogP contribution < -0.4 is 5.32 Å². The van der Waals surface area contributed by atoms with Crippen LogP contribution >= 0.6 is 0 Å². The van der Waals surface area contributed by atoms with E-state index in [1.54, 1.807) is 0 Å². The van der Waals surface area contributed by atoms with E-state index in [2.05, 4.69) is 12.2 Å². The van der Waals surface area contributed by atoms with E-state index in [-0.39, 0.29) is 12.5 Å². The first-order valence-electron chi connectivity index (χ1n) is 7.33. The van der Waals surface area contributed by atoms with Crippen LogP contribution in [0.3, 0.4) is 0 Å². The number of carbonyl (C=O) groups is 2. The Hall–Kier alpha value is -1.91. The second-order valence-electron chi connectivity index (χ2n) is 4.80. The fourth-order valence-corrected chi connectivity index (χ4v) is 1.80. The number of unbranched alkanes of at least 4 members (excludes halogenated alkanes) is 3. The monoisotopic (exact) mass is 295 g/mol. The van der Waals surface area contributed by atoms with Gasteiger partial charge in [0.05, 0.1) is 12.1 Å². The number of nitrogens with one attached hydrogen (secondary N) is 1. The summed E-state index contributed by atoms with van der Waals surface area (Å²) in [5, 5.41) is 2.70. The molecule has 1 N–H and O–H groups in total. The first-order chi connectivity index (χ1) is 10.1. The number of ether oxygens (including phenoxy) is 1. The zero-order valence-electron chi connectivity index (χ0n) is 12.4. The fraction of sp³-hybridized carbons (Fsp3) is 0.500. The van der Waals surface area contributed by atoms with Crippen LogP contribution in [-0.2, 0) is 9.53 Å². The average molecular weight is 295 g/mol. The highest BCUT2D eigenvalue weighted by Gasteiger charge is 2.07. The lowest BCUT2D eigenvalue weighted by molar-refractivity contribution is -0.121. The van der Waals surface area contributed by atoms with Crippen molar-refractivity contribution in [3.05, 3.63) is 35.6 Å². The quantitative estimate of drug-likeness (QED) is 0.562. The van der Waals surface area contributed by atoms with E-state index in [9.17, 15) is 14.0 Å². The Labute approximate surface area is 124 Å². The molecule has 0 radical (unpaired) electrons. The molecule has 4 nitrogen and oxygen atoms in total. The minimum Gasteiger partial charge on any atom is -0.460 e. The van der Waals surface area contributed by atoms with Crippen molar-refractivity contribution in [2.45, 2.75) is 39.0 Å². The van der Waals surface area contributed by atoms with E-state index in [0.717, 1.165) is 25.7 Å². The predicted octanol–water partition coefficient (Wildman–Crippen LogP) is 3.07. The Morgan fingerprint density at radius 2 is 1.86 bits per heavy atom. The average Bonchev–Trinajstić information content (AvgIpc) is 2.48. The summed E-state index contributed by atoms with van der Waals surface area (Å²) >= 11 is 0. The maximum absolute atomic E-state index is 12.7. The van der Waals surface area contributed by atoms with E-state index in [0.29, 0.717) is 18.5 Å². The summed E-state index contributed by atoms with van der Waals surface area (Å²) < 4.78 is 17.7. The highest BCUT2D eigenvalue weighted by atomic mass is 19.1. The number of carbonyl (C=O) groups excluding carboxylic acids is 2. The molecule has 0 bridgehead atoms. The molecule has 0 fully saturated rings. The van der Waals surface area contributed by atoms with Crippen LogP contribution in [0.15, 0.2) is 24.3 Å². The van der Waals surface area contributed by atoms with Crippen molar-refractivity contribution in [1.82, 2.24) is 5.32 Å². The zero-order chi connectivity index (χ0) is 15.5. The van der Waals surface area contributed by atoms with Gasteiger partial charge in [-0.1, -0.05) is 26.2 Å². The van der Waals surface area contributed by atoms with Gasteiger partial charge < -0.3 is 10.1 Å². The number of rotatable bonds is 9. The molecule has 0 aliphatic rings. The number of hydrogen-bond acceptors (Lipinski definition) is 3. The number of benzene rings is 1. The molecular weight excluding hydrogens is 273 g/mol. The summed E-state index contributed by atoms with van der Waals surface area (Å²) in [5.74, 6) is -0.946. The molecule has 1 amide bonds. The molecule has 0 saturated carbocycles. The molecular formula is C16H22FNO3. The number of esters is 1. The van der Waals surface area contributed by atoms with Gasteiger partial charge in [-0.15, -0.1) is 0 Å². The fourth-order valence-electron chi connectivity index (χ4n) is 1.80. The van der Waals surface area contributed by atoms with Gasteiger partial charge in [0.2, 0.25) is 5.91 Å². The van der Waals surface area contributed by atoms with E-state index < -0.39 is 11.8 Å². The maximum atomic E-state index is 12.7. The van der Waals surface area contributed by atoms with Crippen molar-refractivity contribution in [3.8, 4) is 0 Å². The topological polar surface area (TPSA) is 55.4 Å². The molecule has 0 heterocycles. The van der Waals surface area contributed by atoms with Crippen LogP contribution in [0.4, 0.5) is 4.39 Å². The minimum atomic E-state index is -0.521. The highest BCUT2D eigenvalue weighted by Crippen LogP contribution is 2.04. The van der Waals surface area contributed by atoms with Crippen molar-refractivity contribution in [2.75, 3.05) is 13.2 Å². The van der Waals surface area contributed by atoms with E-state index in [1.165, 1.54) is 24.3 Å². The van der Waals surface area contributed by atoms with Gasteiger partial charge in [-0.05, 0) is 30.7 Å². The molecule has 0 unspecified atom stereocenters. The summed E-state index contributed by atoms with van der Waals surface area (Å²) in [6.45, 7) is 2.52. The van der Waals surface area contributed by atoms with Crippen molar-refractivity contribution in [2.24, 2.45) is 0 Å². The molecule has 1 aromatic carbocycles. The lowest BCUT2D eigenvalue weighted by Gasteiger charge is -2.07. The van der Waals surface area contributed by atoms with Crippen molar-refractivity contribution < 1.29 is 18.7 Å². The lowest BCUT2D eigenvalue weighted by Crippen LogP contribution is -2.27. The lowest BCUT2D eigenvalue weighted by atomic mass is 10.1. The molecule has 0 aliphatic carbocycles. The molecule has 0 aromatic heterocycles. The van der Waals surface area contributed by atoms with Crippen LogP contribution in [0.2, 0.25) is 0 Å². The van der Waals surface area contributed by atoms with Crippen LogP contribution in [-0.4, -0.2) is 25.0 Å². The largest absolute Gasteiger partial charge is 0.460 e. The summed E-state index contributed by atoms with van der Waals surface area (Å²) in [5.41, 5.74) is 0.294. The molecule has 1 aromatic rings. The molecule has 0 atom stereocenters. The molecule has 1 rings (SSSR count). The second kappa shape index (κ2) is 9.91. The smallest absolute Gasteiger partial charge is 0.338 e. The number of hydrogen-bond donors (Lipinski definition) is 1. The van der Waals surface area contributed by atoms with Crippen LogP contribution in [0.5, 0.6) is 0 Å². The second-order valence-corrected chi connectivity index (χ2v) is 4.80. The van der Waals surface area contributed by atoms with Gasteiger partial charge in [0.1, 0.15) is 12.4 Å². The molecule has 21 heavy (non-hydrogen) atoms. The number of halogens is 1. The third kappa shape index (κ3) is 7.44. The third-order valence-corrected chi connectivity index (χ3v) is 2.99. The van der Waals surface area contributed by atoms with Gasteiger partial charge in [0.15, 0.2) is 0 Å². The first-order valence-corrected chi connectivity index (χ1v) is 7.33. The van der Waals surface area contributed by atoms with Gasteiger partial charge in [-0.2, -0.15) is 0 Å². The van der Waals surface area contributed by atoms with Gasteiger partial charge in [0, 0.05) is 6.42 Å². The first kappa shape index (κ1) is 17.1. The van der Waals surface area contributed by atoms with Crippen molar-refractivity contribution in [1.29, 1.82) is 0 Å². The van der Waals surface area contributed by atoms with Gasteiger partial charge in [-0.25, -0.2) is 9.18 Å². The molecule has 116 valence electrons. The normalized spacial score (nSPS) is 10.2. The Morgan fingerprint density at radius 3 is 2.52 bits per heavy atom. The highest BCUT2D eigenvalue weighted by molar-refractivity contribution is 5.89. The predicted molar refractivity (Wildman–Crippen MR) is 78.5 cm³/mol. The Bertz CT molecular complexity index is 445. The minimum absolute atomic E-state index is 0.0241. The van der Waals surface area contributed by atoms with E-state index in [1.807, 2.05) is 0 Å². The van der Waals surface area contributed by atoms with Gasteiger partial charge in [-0.3, -0.25) is 4.79 Å². The van der Waals surface area contributed by atoms with Crippen LogP contribution in [0.25, 0.3) is 0 Å². The van der Waals surface area contributed by atoms with Gasteiger partial charge in [0.25, 0.3) is 0 Å². The standard InChI is InChI=1S/C16H22FNO3/c1-2-3-4-5-6-15(19)18-11-12-21-16(20)13-7-9-14(17)10-8-13/h7-10H,2-6,11-12H2,1H3,(H,18,19).